The number of hydrogen-bond donors (Lipinski definition) is 0. The third kappa shape index (κ3) is 3.85. The lowest BCUT2D eigenvalue weighted by molar-refractivity contribution is -0.161. The molecule has 16 heavy (non-hydrogen) atoms. The van der Waals surface area contributed by atoms with Crippen molar-refractivity contribution in [2.24, 2.45) is 5.92 Å². The maximum atomic E-state index is 11.5. The summed E-state index contributed by atoms with van der Waals surface area (Å²) in [6, 6.07) is 9.60. The van der Waals surface area contributed by atoms with Crippen LogP contribution in [0.1, 0.15) is 18.9 Å². The molecule has 1 unspecified atom stereocenters. The van der Waals surface area contributed by atoms with Crippen molar-refractivity contribution in [1.82, 2.24) is 0 Å². The fourth-order valence-corrected chi connectivity index (χ4v) is 1.43. The number of ether oxygens (including phenoxy) is 1. The molecule has 0 N–H and O–H groups in total. The van der Waals surface area contributed by atoms with Gasteiger partial charge >= 0.3 is 11.9 Å². The molecule has 3 nitrogen and oxygen atoms in total. The van der Waals surface area contributed by atoms with Crippen LogP contribution in [0.2, 0.25) is 0 Å². The molecule has 0 fully saturated rings. The number of benzene rings is 1. The summed E-state index contributed by atoms with van der Waals surface area (Å²) in [4.78, 5) is 22.2. The first-order valence-electron chi connectivity index (χ1n) is 5.19. The summed E-state index contributed by atoms with van der Waals surface area (Å²) >= 11 is 0. The van der Waals surface area contributed by atoms with E-state index in [1.807, 2.05) is 30.3 Å². The quantitative estimate of drug-likeness (QED) is 0.575. The van der Waals surface area contributed by atoms with E-state index in [0.717, 1.165) is 5.56 Å². The van der Waals surface area contributed by atoms with E-state index >= 15 is 0 Å². The molecular weight excluding hydrogens is 204 g/mol. The second-order valence-corrected chi connectivity index (χ2v) is 3.59. The van der Waals surface area contributed by atoms with Crippen LogP contribution in [-0.2, 0) is 20.7 Å². The molecule has 1 atom stereocenters. The highest BCUT2D eigenvalue weighted by molar-refractivity contribution is 5.85. The average Bonchev–Trinajstić information content (AvgIpc) is 2.26. The number of hydrogen-bond acceptors (Lipinski definition) is 3. The topological polar surface area (TPSA) is 43.4 Å². The van der Waals surface area contributed by atoms with E-state index in [1.165, 1.54) is 6.92 Å². The monoisotopic (exact) mass is 219 g/mol. The molecule has 3 heteroatoms. The molecule has 0 amide bonds. The van der Waals surface area contributed by atoms with Crippen LogP contribution in [0.25, 0.3) is 0 Å². The summed E-state index contributed by atoms with van der Waals surface area (Å²) in [5.74, 6) is -1.42. The standard InChI is InChI=1S/C13H15O3/c1-3-12(13(15)16-10(2)14)9-11-7-5-4-6-8-11/h4-8,12H,1,3,9H2,2H3. The van der Waals surface area contributed by atoms with Crippen LogP contribution >= 0.6 is 0 Å². The van der Waals surface area contributed by atoms with Crippen molar-refractivity contribution in [3.63, 3.8) is 0 Å². The lowest BCUT2D eigenvalue weighted by atomic mass is 9.97. The van der Waals surface area contributed by atoms with E-state index in [1.54, 1.807) is 0 Å². The zero-order valence-corrected chi connectivity index (χ0v) is 9.31. The van der Waals surface area contributed by atoms with E-state index in [-0.39, 0.29) is 5.92 Å². The summed E-state index contributed by atoms with van der Waals surface area (Å²) in [5, 5.41) is 0. The molecule has 0 aromatic heterocycles. The summed E-state index contributed by atoms with van der Waals surface area (Å²) in [5.41, 5.74) is 1.04. The van der Waals surface area contributed by atoms with Gasteiger partial charge in [0.1, 0.15) is 0 Å². The molecule has 0 saturated carbocycles. The number of carbonyl (C=O) groups is 2. The maximum Gasteiger partial charge on any atom is 0.316 e. The lowest BCUT2D eigenvalue weighted by Gasteiger charge is -2.12. The normalized spacial score (nSPS) is 11.9. The van der Waals surface area contributed by atoms with Gasteiger partial charge < -0.3 is 4.74 Å². The first-order valence-corrected chi connectivity index (χ1v) is 5.19. The molecule has 0 heterocycles. The van der Waals surface area contributed by atoms with Crippen LogP contribution < -0.4 is 0 Å². The van der Waals surface area contributed by atoms with Crippen LogP contribution in [0.15, 0.2) is 30.3 Å². The van der Waals surface area contributed by atoms with Crippen molar-refractivity contribution in [3.05, 3.63) is 42.8 Å². The fraction of sp³-hybridized carbons (Fsp3) is 0.308. The highest BCUT2D eigenvalue weighted by Crippen LogP contribution is 2.13. The Hall–Kier alpha value is -1.64. The maximum absolute atomic E-state index is 11.5. The summed E-state index contributed by atoms with van der Waals surface area (Å²) in [7, 11) is 0. The largest absolute Gasteiger partial charge is 0.393 e. The summed E-state index contributed by atoms with van der Waals surface area (Å²) in [6.45, 7) is 4.92. The van der Waals surface area contributed by atoms with E-state index in [4.69, 9.17) is 0 Å². The minimum atomic E-state index is -0.573. The summed E-state index contributed by atoms with van der Waals surface area (Å²) in [6.07, 6.45) is 0.970. The van der Waals surface area contributed by atoms with E-state index in [2.05, 4.69) is 11.7 Å². The van der Waals surface area contributed by atoms with Crippen molar-refractivity contribution < 1.29 is 14.3 Å². The van der Waals surface area contributed by atoms with Gasteiger partial charge in [-0.1, -0.05) is 37.3 Å². The van der Waals surface area contributed by atoms with Crippen molar-refractivity contribution in [2.45, 2.75) is 19.8 Å². The van der Waals surface area contributed by atoms with Crippen LogP contribution in [0.3, 0.4) is 0 Å². The van der Waals surface area contributed by atoms with Crippen LogP contribution in [0.5, 0.6) is 0 Å². The van der Waals surface area contributed by atoms with Gasteiger partial charge in [-0.15, -0.1) is 0 Å². The van der Waals surface area contributed by atoms with Crippen LogP contribution in [0, 0.1) is 12.8 Å². The van der Waals surface area contributed by atoms with Crippen molar-refractivity contribution in [3.8, 4) is 0 Å². The van der Waals surface area contributed by atoms with Crippen LogP contribution in [0.4, 0.5) is 0 Å². The van der Waals surface area contributed by atoms with E-state index < -0.39 is 11.9 Å². The fourth-order valence-electron chi connectivity index (χ4n) is 1.43. The third-order valence-corrected chi connectivity index (χ3v) is 2.25. The highest BCUT2D eigenvalue weighted by Gasteiger charge is 2.19. The molecule has 85 valence electrons. The van der Waals surface area contributed by atoms with Gasteiger partial charge in [0.2, 0.25) is 0 Å². The van der Waals surface area contributed by atoms with Crippen LogP contribution in [-0.4, -0.2) is 11.9 Å². The van der Waals surface area contributed by atoms with Gasteiger partial charge in [-0.25, -0.2) is 0 Å². The molecule has 0 bridgehead atoms. The van der Waals surface area contributed by atoms with E-state index in [9.17, 15) is 9.59 Å². The number of carbonyl (C=O) groups excluding carboxylic acids is 2. The van der Waals surface area contributed by atoms with Gasteiger partial charge in [-0.2, -0.15) is 0 Å². The smallest absolute Gasteiger partial charge is 0.316 e. The Bertz CT molecular complexity index is 357. The molecule has 1 radical (unpaired) electrons. The summed E-state index contributed by atoms with van der Waals surface area (Å²) < 4.78 is 4.56. The molecule has 0 aliphatic heterocycles. The van der Waals surface area contributed by atoms with Gasteiger partial charge in [-0.3, -0.25) is 9.59 Å². The Morgan fingerprint density at radius 3 is 2.44 bits per heavy atom. The van der Waals surface area contributed by atoms with Gasteiger partial charge in [-0.05, 0) is 18.4 Å². The SMILES string of the molecule is [CH2]CC(Cc1ccccc1)C(=O)OC(C)=O. The minimum Gasteiger partial charge on any atom is -0.393 e. The Morgan fingerprint density at radius 1 is 1.31 bits per heavy atom. The first kappa shape index (κ1) is 12.4. The highest BCUT2D eigenvalue weighted by atomic mass is 16.6. The molecular formula is C13H15O3. The van der Waals surface area contributed by atoms with Crippen molar-refractivity contribution in [1.29, 1.82) is 0 Å². The van der Waals surface area contributed by atoms with Gasteiger partial charge in [0.05, 0.1) is 5.92 Å². The zero-order chi connectivity index (χ0) is 12.0. The molecule has 1 rings (SSSR count). The average molecular weight is 219 g/mol. The zero-order valence-electron chi connectivity index (χ0n) is 9.31. The lowest BCUT2D eigenvalue weighted by Crippen LogP contribution is -2.21. The van der Waals surface area contributed by atoms with Gasteiger partial charge in [0.25, 0.3) is 0 Å². The molecule has 0 spiro atoms. The second kappa shape index (κ2) is 6.05. The molecule has 1 aromatic carbocycles. The number of rotatable bonds is 4. The predicted molar refractivity (Wildman–Crippen MR) is 60.4 cm³/mol. The Balaban J connectivity index is 2.62. The number of esters is 2. The predicted octanol–water partition coefficient (Wildman–Crippen LogP) is 2.16. The van der Waals surface area contributed by atoms with Gasteiger partial charge in [0, 0.05) is 6.92 Å². The second-order valence-electron chi connectivity index (χ2n) is 3.59. The molecule has 0 aliphatic carbocycles. The minimum absolute atomic E-state index is 0.355. The Labute approximate surface area is 95.4 Å². The van der Waals surface area contributed by atoms with Crippen molar-refractivity contribution in [2.75, 3.05) is 0 Å². The molecule has 0 aliphatic rings. The molecule has 0 saturated heterocycles. The Morgan fingerprint density at radius 2 is 1.94 bits per heavy atom. The molecule has 1 aromatic rings. The van der Waals surface area contributed by atoms with Gasteiger partial charge in [0.15, 0.2) is 0 Å². The first-order chi connectivity index (χ1) is 7.63. The third-order valence-electron chi connectivity index (χ3n) is 2.25. The van der Waals surface area contributed by atoms with Crippen molar-refractivity contribution >= 4 is 11.9 Å². The Kier molecular flexibility index (Phi) is 4.70. The van der Waals surface area contributed by atoms with E-state index in [0.29, 0.717) is 12.8 Å².